The first-order chi connectivity index (χ1) is 16.3. The van der Waals surface area contributed by atoms with Crippen molar-refractivity contribution < 1.29 is 32.3 Å². The fourth-order valence-electron chi connectivity index (χ4n) is 3.61. The Labute approximate surface area is 199 Å². The standard InChI is InChI=1S/C24H28N2O7S/c1-32-21-8-4-3-7-20(21)24(29)25-22(27)17-33-23(28)14-11-18-9-12-19(13-10-18)34(30,31)26-15-5-2-6-16-26/h3-4,7-10,12-13H,2,5-6,11,14-17H2,1H3,(H,25,27,29). The summed E-state index contributed by atoms with van der Waals surface area (Å²) in [6.45, 7) is 0.481. The summed E-state index contributed by atoms with van der Waals surface area (Å²) in [5, 5.41) is 2.15. The van der Waals surface area contributed by atoms with Gasteiger partial charge in [0.2, 0.25) is 10.0 Å². The number of para-hydroxylation sites is 1. The van der Waals surface area contributed by atoms with E-state index in [1.807, 2.05) is 0 Å². The fraction of sp³-hybridized carbons (Fsp3) is 0.375. The first kappa shape index (κ1) is 25.4. The predicted molar refractivity (Wildman–Crippen MR) is 124 cm³/mol. The summed E-state index contributed by atoms with van der Waals surface area (Å²) in [6.07, 6.45) is 3.11. The van der Waals surface area contributed by atoms with Crippen molar-refractivity contribution in [1.82, 2.24) is 9.62 Å². The molecule has 2 aromatic carbocycles. The number of aryl methyl sites for hydroxylation is 1. The maximum atomic E-state index is 12.7. The van der Waals surface area contributed by atoms with Crippen molar-refractivity contribution in [3.63, 3.8) is 0 Å². The highest BCUT2D eigenvalue weighted by Crippen LogP contribution is 2.21. The summed E-state index contributed by atoms with van der Waals surface area (Å²) in [7, 11) is -2.09. The number of benzene rings is 2. The molecule has 2 aromatic rings. The van der Waals surface area contributed by atoms with Crippen LogP contribution in [0, 0.1) is 0 Å². The molecule has 9 nitrogen and oxygen atoms in total. The Bertz CT molecular complexity index is 1120. The van der Waals surface area contributed by atoms with Crippen LogP contribution in [0.4, 0.5) is 0 Å². The van der Waals surface area contributed by atoms with Gasteiger partial charge in [-0.3, -0.25) is 19.7 Å². The predicted octanol–water partition coefficient (Wildman–Crippen LogP) is 2.30. The number of rotatable bonds is 9. The number of carbonyl (C=O) groups is 3. The number of methoxy groups -OCH3 is 1. The van der Waals surface area contributed by atoms with Crippen LogP contribution in [0.25, 0.3) is 0 Å². The van der Waals surface area contributed by atoms with Crippen LogP contribution in [0.2, 0.25) is 0 Å². The van der Waals surface area contributed by atoms with Gasteiger partial charge in [0.15, 0.2) is 6.61 Å². The molecule has 0 aliphatic carbocycles. The summed E-state index contributed by atoms with van der Waals surface area (Å²) >= 11 is 0. The number of hydrogen-bond donors (Lipinski definition) is 1. The Morgan fingerprint density at radius 1 is 0.971 bits per heavy atom. The Kier molecular flexibility index (Phi) is 8.78. The topological polar surface area (TPSA) is 119 Å². The van der Waals surface area contributed by atoms with E-state index in [1.54, 1.807) is 42.5 Å². The van der Waals surface area contributed by atoms with Crippen LogP contribution in [-0.2, 0) is 30.8 Å². The second-order valence-electron chi connectivity index (χ2n) is 7.85. The zero-order valence-electron chi connectivity index (χ0n) is 19.0. The lowest BCUT2D eigenvalue weighted by molar-refractivity contribution is -0.148. The lowest BCUT2D eigenvalue weighted by atomic mass is 10.1. The number of hydrogen-bond acceptors (Lipinski definition) is 7. The Balaban J connectivity index is 1.44. The van der Waals surface area contributed by atoms with Gasteiger partial charge in [0.05, 0.1) is 17.6 Å². The maximum Gasteiger partial charge on any atom is 0.306 e. The van der Waals surface area contributed by atoms with E-state index >= 15 is 0 Å². The van der Waals surface area contributed by atoms with Crippen molar-refractivity contribution in [2.75, 3.05) is 26.8 Å². The van der Waals surface area contributed by atoms with E-state index in [2.05, 4.69) is 5.32 Å². The average Bonchev–Trinajstić information content (AvgIpc) is 2.87. The number of esters is 1. The highest BCUT2D eigenvalue weighted by Gasteiger charge is 2.25. The molecule has 1 N–H and O–H groups in total. The minimum Gasteiger partial charge on any atom is -0.496 e. The van der Waals surface area contributed by atoms with Crippen LogP contribution < -0.4 is 10.1 Å². The third-order valence-electron chi connectivity index (χ3n) is 5.46. The smallest absolute Gasteiger partial charge is 0.306 e. The molecule has 0 aromatic heterocycles. The summed E-state index contributed by atoms with van der Waals surface area (Å²) in [5.74, 6) is -1.70. The van der Waals surface area contributed by atoms with Crippen LogP contribution in [0.1, 0.15) is 41.6 Å². The van der Waals surface area contributed by atoms with E-state index in [0.29, 0.717) is 25.3 Å². The summed E-state index contributed by atoms with van der Waals surface area (Å²) in [4.78, 5) is 36.4. The quantitative estimate of drug-likeness (QED) is 0.538. The summed E-state index contributed by atoms with van der Waals surface area (Å²) in [6, 6.07) is 12.9. The molecule has 3 rings (SSSR count). The van der Waals surface area contributed by atoms with Crippen LogP contribution in [-0.4, -0.2) is 57.3 Å². The first-order valence-corrected chi connectivity index (χ1v) is 12.5. The largest absolute Gasteiger partial charge is 0.496 e. The molecular formula is C24H28N2O7S. The van der Waals surface area contributed by atoms with E-state index in [0.717, 1.165) is 24.8 Å². The van der Waals surface area contributed by atoms with Gasteiger partial charge in [-0.05, 0) is 49.1 Å². The zero-order valence-corrected chi connectivity index (χ0v) is 19.8. The van der Waals surface area contributed by atoms with Gasteiger partial charge in [0.25, 0.3) is 11.8 Å². The lowest BCUT2D eigenvalue weighted by Gasteiger charge is -2.25. The molecule has 10 heteroatoms. The SMILES string of the molecule is COc1ccccc1C(=O)NC(=O)COC(=O)CCc1ccc(S(=O)(=O)N2CCCCC2)cc1. The molecule has 1 heterocycles. The van der Waals surface area contributed by atoms with E-state index in [-0.39, 0.29) is 16.9 Å². The normalized spacial score (nSPS) is 14.3. The minimum atomic E-state index is -3.50. The van der Waals surface area contributed by atoms with Crippen LogP contribution in [0.5, 0.6) is 5.75 Å². The second kappa shape index (κ2) is 11.8. The number of nitrogens with one attached hydrogen (secondary N) is 1. The number of carbonyl (C=O) groups excluding carboxylic acids is 3. The number of piperidine rings is 1. The molecule has 1 aliphatic heterocycles. The van der Waals surface area contributed by atoms with Crippen molar-refractivity contribution in [2.45, 2.75) is 37.0 Å². The highest BCUT2D eigenvalue weighted by atomic mass is 32.2. The van der Waals surface area contributed by atoms with Crippen LogP contribution in [0.15, 0.2) is 53.4 Å². The van der Waals surface area contributed by atoms with E-state index in [1.165, 1.54) is 17.5 Å². The molecule has 0 atom stereocenters. The van der Waals surface area contributed by atoms with Crippen LogP contribution in [0.3, 0.4) is 0 Å². The Morgan fingerprint density at radius 3 is 2.32 bits per heavy atom. The van der Waals surface area contributed by atoms with Gasteiger partial charge >= 0.3 is 5.97 Å². The zero-order chi connectivity index (χ0) is 24.6. The Hall–Kier alpha value is -3.24. The van der Waals surface area contributed by atoms with Gasteiger partial charge in [-0.25, -0.2) is 8.42 Å². The number of imide groups is 1. The molecule has 0 radical (unpaired) electrons. The summed E-state index contributed by atoms with van der Waals surface area (Å²) < 4.78 is 36.9. The molecule has 0 saturated carbocycles. The fourth-order valence-corrected chi connectivity index (χ4v) is 5.13. The van der Waals surface area contributed by atoms with Gasteiger partial charge in [0, 0.05) is 19.5 Å². The van der Waals surface area contributed by atoms with Crippen molar-refractivity contribution >= 4 is 27.8 Å². The number of nitrogens with zero attached hydrogens (tertiary/aromatic N) is 1. The molecule has 0 bridgehead atoms. The Morgan fingerprint density at radius 2 is 1.65 bits per heavy atom. The molecule has 1 fully saturated rings. The van der Waals surface area contributed by atoms with Gasteiger partial charge in [0.1, 0.15) is 5.75 Å². The molecule has 1 aliphatic rings. The van der Waals surface area contributed by atoms with Crippen molar-refractivity contribution in [3.8, 4) is 5.75 Å². The van der Waals surface area contributed by atoms with E-state index < -0.39 is 34.4 Å². The molecule has 0 spiro atoms. The minimum absolute atomic E-state index is 0.00591. The van der Waals surface area contributed by atoms with Crippen molar-refractivity contribution in [1.29, 1.82) is 0 Å². The number of amides is 2. The maximum absolute atomic E-state index is 12.7. The summed E-state index contributed by atoms with van der Waals surface area (Å²) in [5.41, 5.74) is 0.959. The first-order valence-electron chi connectivity index (χ1n) is 11.0. The third kappa shape index (κ3) is 6.64. The lowest BCUT2D eigenvalue weighted by Crippen LogP contribution is -2.35. The van der Waals surface area contributed by atoms with Crippen molar-refractivity contribution in [2.24, 2.45) is 0 Å². The average molecular weight is 489 g/mol. The molecule has 182 valence electrons. The highest BCUT2D eigenvalue weighted by molar-refractivity contribution is 7.89. The second-order valence-corrected chi connectivity index (χ2v) is 9.78. The van der Waals surface area contributed by atoms with Gasteiger partial charge in [-0.15, -0.1) is 0 Å². The van der Waals surface area contributed by atoms with E-state index in [4.69, 9.17) is 9.47 Å². The van der Waals surface area contributed by atoms with Gasteiger partial charge < -0.3 is 9.47 Å². The third-order valence-corrected chi connectivity index (χ3v) is 7.38. The number of ether oxygens (including phenoxy) is 2. The molecule has 1 saturated heterocycles. The monoisotopic (exact) mass is 488 g/mol. The van der Waals surface area contributed by atoms with E-state index in [9.17, 15) is 22.8 Å². The molecule has 2 amide bonds. The van der Waals surface area contributed by atoms with Gasteiger partial charge in [-0.1, -0.05) is 30.7 Å². The molecule has 0 unspecified atom stereocenters. The molecule has 34 heavy (non-hydrogen) atoms. The number of sulfonamides is 1. The van der Waals surface area contributed by atoms with Gasteiger partial charge in [-0.2, -0.15) is 4.31 Å². The van der Waals surface area contributed by atoms with Crippen molar-refractivity contribution in [3.05, 3.63) is 59.7 Å². The van der Waals surface area contributed by atoms with Crippen LogP contribution >= 0.6 is 0 Å². The molecular weight excluding hydrogens is 460 g/mol.